The first-order chi connectivity index (χ1) is 14.7. The van der Waals surface area contributed by atoms with E-state index in [1.165, 1.54) is 11.3 Å². The highest BCUT2D eigenvalue weighted by Gasteiger charge is 2.37. The fraction of sp³-hybridized carbons (Fsp3) is 0.478. The monoisotopic (exact) mass is 440 g/mol. The van der Waals surface area contributed by atoms with E-state index in [2.05, 4.69) is 15.2 Å². The van der Waals surface area contributed by atoms with Gasteiger partial charge in [0.05, 0.1) is 16.5 Å². The van der Waals surface area contributed by atoms with Gasteiger partial charge in [-0.25, -0.2) is 4.98 Å². The van der Waals surface area contributed by atoms with Crippen LogP contribution in [-0.4, -0.2) is 65.6 Å². The second kappa shape index (κ2) is 8.51. The van der Waals surface area contributed by atoms with Crippen molar-refractivity contribution in [2.75, 3.05) is 32.5 Å². The summed E-state index contributed by atoms with van der Waals surface area (Å²) < 4.78 is 0. The number of aryl methyl sites for hydroxylation is 1. The lowest BCUT2D eigenvalue weighted by Crippen LogP contribution is -2.40. The highest BCUT2D eigenvalue weighted by molar-refractivity contribution is 7.17. The molecule has 1 aliphatic carbocycles. The highest BCUT2D eigenvalue weighted by Crippen LogP contribution is 2.34. The Morgan fingerprint density at radius 2 is 2.00 bits per heavy atom. The van der Waals surface area contributed by atoms with Crippen molar-refractivity contribution in [2.24, 2.45) is 5.92 Å². The van der Waals surface area contributed by atoms with Crippen LogP contribution >= 0.6 is 11.3 Å². The van der Waals surface area contributed by atoms with Crippen molar-refractivity contribution >= 4 is 34.1 Å². The fourth-order valence-electron chi connectivity index (χ4n) is 4.34. The van der Waals surface area contributed by atoms with E-state index in [0.717, 1.165) is 24.1 Å². The normalized spacial score (nSPS) is 20.8. The van der Waals surface area contributed by atoms with Crippen molar-refractivity contribution in [1.82, 2.24) is 14.8 Å². The summed E-state index contributed by atoms with van der Waals surface area (Å²) in [5.74, 6) is -0.630. The van der Waals surface area contributed by atoms with Crippen LogP contribution in [0.4, 0.5) is 5.13 Å². The van der Waals surface area contributed by atoms with Crippen LogP contribution in [0.25, 0.3) is 0 Å². The molecule has 0 saturated carbocycles. The van der Waals surface area contributed by atoms with E-state index < -0.39 is 0 Å². The van der Waals surface area contributed by atoms with Crippen LogP contribution in [0.3, 0.4) is 0 Å². The first-order valence-electron chi connectivity index (χ1n) is 10.6. The number of benzene rings is 1. The topological polar surface area (TPSA) is 82.6 Å². The molecule has 2 aromatic rings. The molecule has 0 radical (unpaired) electrons. The highest BCUT2D eigenvalue weighted by atomic mass is 32.1. The lowest BCUT2D eigenvalue weighted by atomic mass is 9.89. The summed E-state index contributed by atoms with van der Waals surface area (Å²) in [5.41, 5.74) is 3.18. The van der Waals surface area contributed by atoms with Crippen molar-refractivity contribution in [1.29, 1.82) is 0 Å². The second-order valence-corrected chi connectivity index (χ2v) is 9.71. The summed E-state index contributed by atoms with van der Waals surface area (Å²) >= 11 is 1.20. The number of ketones is 1. The van der Waals surface area contributed by atoms with Gasteiger partial charge in [0.1, 0.15) is 0 Å². The van der Waals surface area contributed by atoms with Crippen LogP contribution in [-0.2, 0) is 11.2 Å². The molecule has 164 valence electrons. The molecule has 8 heteroatoms. The number of likely N-dealkylation sites (tertiary alicyclic amines) is 1. The molecule has 31 heavy (non-hydrogen) atoms. The Kier molecular flexibility index (Phi) is 5.94. The van der Waals surface area contributed by atoms with Crippen LogP contribution in [0.2, 0.25) is 0 Å². The Morgan fingerprint density at radius 3 is 2.71 bits per heavy atom. The van der Waals surface area contributed by atoms with Crippen LogP contribution in [0.1, 0.15) is 49.7 Å². The predicted octanol–water partition coefficient (Wildman–Crippen LogP) is 2.92. The lowest BCUT2D eigenvalue weighted by molar-refractivity contribution is -0.134. The maximum absolute atomic E-state index is 13.0. The zero-order chi connectivity index (χ0) is 22.3. The number of nitrogens with zero attached hydrogens (tertiary/aromatic N) is 3. The molecule has 2 unspecified atom stereocenters. The molecule has 0 spiro atoms. The number of hydrogen-bond donors (Lipinski definition) is 1. The van der Waals surface area contributed by atoms with E-state index in [1.54, 1.807) is 6.07 Å². The third-order valence-corrected chi connectivity index (χ3v) is 7.50. The van der Waals surface area contributed by atoms with Crippen LogP contribution < -0.4 is 5.32 Å². The molecule has 1 fully saturated rings. The first kappa shape index (κ1) is 21.6. The lowest BCUT2D eigenvalue weighted by Gasteiger charge is -2.26. The van der Waals surface area contributed by atoms with Crippen molar-refractivity contribution in [3.05, 3.63) is 45.5 Å². The van der Waals surface area contributed by atoms with Gasteiger partial charge >= 0.3 is 0 Å². The van der Waals surface area contributed by atoms with E-state index in [0.29, 0.717) is 40.3 Å². The molecule has 1 N–H and O–H groups in total. The minimum atomic E-state index is -0.370. The Hall–Kier alpha value is -2.58. The minimum absolute atomic E-state index is 0.0392. The van der Waals surface area contributed by atoms with Gasteiger partial charge < -0.3 is 9.80 Å². The van der Waals surface area contributed by atoms with Crippen molar-refractivity contribution < 1.29 is 14.4 Å². The van der Waals surface area contributed by atoms with Crippen molar-refractivity contribution in [2.45, 2.75) is 39.2 Å². The van der Waals surface area contributed by atoms with Crippen molar-refractivity contribution in [3.63, 3.8) is 0 Å². The predicted molar refractivity (Wildman–Crippen MR) is 121 cm³/mol. The van der Waals surface area contributed by atoms with Crippen LogP contribution in [0, 0.1) is 19.8 Å². The van der Waals surface area contributed by atoms with Crippen LogP contribution in [0.5, 0.6) is 0 Å². The van der Waals surface area contributed by atoms with Gasteiger partial charge in [0, 0.05) is 37.5 Å². The van der Waals surface area contributed by atoms with E-state index in [1.807, 2.05) is 45.0 Å². The Labute approximate surface area is 186 Å². The molecule has 1 aromatic carbocycles. The van der Waals surface area contributed by atoms with E-state index in [-0.39, 0.29) is 29.9 Å². The van der Waals surface area contributed by atoms with Gasteiger partial charge in [0.25, 0.3) is 5.91 Å². The molecule has 1 aliphatic heterocycles. The molecule has 2 aliphatic rings. The maximum atomic E-state index is 13.0. The van der Waals surface area contributed by atoms with Gasteiger partial charge in [0.2, 0.25) is 5.91 Å². The molecular formula is C23H28N4O3S. The Bertz CT molecular complexity index is 1050. The Morgan fingerprint density at radius 1 is 1.23 bits per heavy atom. The smallest absolute Gasteiger partial charge is 0.257 e. The summed E-state index contributed by atoms with van der Waals surface area (Å²) in [6.07, 6.45) is 1.61. The number of hydrogen-bond acceptors (Lipinski definition) is 6. The number of thiazole rings is 1. The number of aromatic nitrogens is 1. The van der Waals surface area contributed by atoms with E-state index >= 15 is 0 Å². The number of anilines is 1. The van der Waals surface area contributed by atoms with E-state index in [4.69, 9.17) is 0 Å². The molecule has 4 rings (SSSR count). The standard InChI is InChI=1S/C23H28N4O3S/c1-13-6-5-7-17(14(13)2)21(29)25-23-24-18-10-15(11-19(28)20(18)31-23)22(30)27-9-8-16(12-27)26(3)4/h5-7,15-16H,8-12H2,1-4H3,(H,24,25,29). The second-order valence-electron chi connectivity index (χ2n) is 8.72. The number of nitrogens with one attached hydrogen (secondary N) is 1. The molecule has 7 nitrogen and oxygen atoms in total. The van der Waals surface area contributed by atoms with Gasteiger partial charge in [-0.05, 0) is 51.6 Å². The SMILES string of the molecule is Cc1cccc(C(=O)Nc2nc3c(s2)C(=O)CC(C(=O)N2CCC(N(C)C)C2)C3)c1C. The minimum Gasteiger partial charge on any atom is -0.341 e. The average molecular weight is 441 g/mol. The molecule has 2 atom stereocenters. The zero-order valence-corrected chi connectivity index (χ0v) is 19.2. The summed E-state index contributed by atoms with van der Waals surface area (Å²) in [4.78, 5) is 47.6. The van der Waals surface area contributed by atoms with Crippen molar-refractivity contribution in [3.8, 4) is 0 Å². The van der Waals surface area contributed by atoms with Gasteiger partial charge in [-0.3, -0.25) is 19.7 Å². The number of carbonyl (C=O) groups is 3. The van der Waals surface area contributed by atoms with Gasteiger partial charge in [0.15, 0.2) is 10.9 Å². The molecule has 2 amide bonds. The fourth-order valence-corrected chi connectivity index (χ4v) is 5.28. The number of rotatable bonds is 4. The Balaban J connectivity index is 1.47. The van der Waals surface area contributed by atoms with Gasteiger partial charge in [-0.2, -0.15) is 0 Å². The van der Waals surface area contributed by atoms with Gasteiger partial charge in [-0.1, -0.05) is 23.5 Å². The number of Topliss-reactive ketones (excluding diaryl/α,β-unsaturated/α-hetero) is 1. The number of carbonyl (C=O) groups excluding carboxylic acids is 3. The summed E-state index contributed by atoms with van der Waals surface area (Å²) in [6, 6.07) is 5.96. The zero-order valence-electron chi connectivity index (χ0n) is 18.4. The maximum Gasteiger partial charge on any atom is 0.257 e. The molecule has 1 aromatic heterocycles. The number of amides is 2. The quantitative estimate of drug-likeness (QED) is 0.791. The molecule has 0 bridgehead atoms. The van der Waals surface area contributed by atoms with Gasteiger partial charge in [-0.15, -0.1) is 0 Å². The van der Waals surface area contributed by atoms with Crippen LogP contribution in [0.15, 0.2) is 18.2 Å². The molecule has 2 heterocycles. The summed E-state index contributed by atoms with van der Waals surface area (Å²) in [6.45, 7) is 5.31. The summed E-state index contributed by atoms with van der Waals surface area (Å²) in [5, 5.41) is 3.25. The molecular weight excluding hydrogens is 412 g/mol. The number of fused-ring (bicyclic) bond motifs is 1. The third kappa shape index (κ3) is 4.27. The average Bonchev–Trinajstić information content (AvgIpc) is 3.36. The third-order valence-electron chi connectivity index (χ3n) is 6.45. The molecule has 1 saturated heterocycles. The largest absolute Gasteiger partial charge is 0.341 e. The van der Waals surface area contributed by atoms with E-state index in [9.17, 15) is 14.4 Å². The first-order valence-corrected chi connectivity index (χ1v) is 11.4. The summed E-state index contributed by atoms with van der Waals surface area (Å²) in [7, 11) is 4.05. The number of likely N-dealkylation sites (N-methyl/N-ethyl adjacent to an activating group) is 1.